The molecule has 0 N–H and O–H groups in total. The van der Waals surface area contributed by atoms with Crippen LogP contribution in [-0.2, 0) is 0 Å². The molecule has 0 fully saturated rings. The molecule has 0 aliphatic heterocycles. The van der Waals surface area contributed by atoms with Crippen molar-refractivity contribution in [2.24, 2.45) is 0 Å². The highest BCUT2D eigenvalue weighted by Crippen LogP contribution is 2.39. The maximum atomic E-state index is 2.88. The molecule has 0 saturated carbocycles. The van der Waals surface area contributed by atoms with Crippen molar-refractivity contribution in [3.8, 4) is 0 Å². The van der Waals surface area contributed by atoms with Crippen LogP contribution in [0.3, 0.4) is 0 Å². The average molecular weight is 260 g/mol. The summed E-state index contributed by atoms with van der Waals surface area (Å²) in [5.41, 5.74) is 0.694. The van der Waals surface area contributed by atoms with Gasteiger partial charge in [-0.15, -0.1) is 9.24 Å². The quantitative estimate of drug-likeness (QED) is 0.739. The first kappa shape index (κ1) is 12.7. The van der Waals surface area contributed by atoms with Gasteiger partial charge in [-0.1, -0.05) is 67.6 Å². The summed E-state index contributed by atoms with van der Waals surface area (Å²) in [6, 6.07) is 21.8. The second kappa shape index (κ2) is 6.29. The topological polar surface area (TPSA) is 0 Å². The highest BCUT2D eigenvalue weighted by molar-refractivity contribution is 7.73. The Kier molecular flexibility index (Phi) is 4.72. The molecule has 0 aromatic heterocycles. The van der Waals surface area contributed by atoms with Crippen molar-refractivity contribution in [2.45, 2.75) is 12.6 Å². The summed E-state index contributed by atoms with van der Waals surface area (Å²) in [7, 11) is 2.65. The van der Waals surface area contributed by atoms with Crippen LogP contribution in [-0.4, -0.2) is 11.8 Å². The Hall–Kier alpha value is -0.700. The van der Waals surface area contributed by atoms with Gasteiger partial charge in [0.1, 0.15) is 0 Å². The molecule has 0 nitrogen and oxygen atoms in total. The lowest BCUT2D eigenvalue weighted by molar-refractivity contribution is 1.12. The lowest BCUT2D eigenvalue weighted by Gasteiger charge is -2.24. The lowest BCUT2D eigenvalue weighted by Crippen LogP contribution is -2.20. The van der Waals surface area contributed by atoms with Gasteiger partial charge in [0.25, 0.3) is 0 Å². The van der Waals surface area contributed by atoms with E-state index in [2.05, 4.69) is 76.8 Å². The molecule has 0 bridgehead atoms. The summed E-state index contributed by atoms with van der Waals surface area (Å²) in [4.78, 5) is 0. The molecule has 2 heteroatoms. The highest BCUT2D eigenvalue weighted by atomic mass is 31.1. The fraction of sp³-hybridized carbons (Fsp3) is 0.200. The molecular formula is C15H18P2. The molecule has 0 aliphatic carbocycles. The van der Waals surface area contributed by atoms with Crippen LogP contribution in [0.4, 0.5) is 0 Å². The summed E-state index contributed by atoms with van der Waals surface area (Å²) in [6.45, 7) is 2.35. The van der Waals surface area contributed by atoms with Crippen molar-refractivity contribution < 1.29 is 0 Å². The Bertz CT molecular complexity index is 399. The van der Waals surface area contributed by atoms with Gasteiger partial charge in [0.15, 0.2) is 0 Å². The van der Waals surface area contributed by atoms with Crippen LogP contribution in [0, 0.1) is 0 Å². The normalized spacial score (nSPS) is 12.6. The first-order valence-electron chi connectivity index (χ1n) is 5.92. The van der Waals surface area contributed by atoms with Crippen molar-refractivity contribution in [2.75, 3.05) is 6.16 Å². The molecule has 0 aliphatic rings. The third kappa shape index (κ3) is 3.15. The van der Waals surface area contributed by atoms with Crippen molar-refractivity contribution in [3.63, 3.8) is 0 Å². The van der Waals surface area contributed by atoms with E-state index in [1.54, 1.807) is 0 Å². The smallest absolute Gasteiger partial charge is 0.0123 e. The Morgan fingerprint density at radius 1 is 0.882 bits per heavy atom. The van der Waals surface area contributed by atoms with Gasteiger partial charge in [0, 0.05) is 0 Å². The average Bonchev–Trinajstić information content (AvgIpc) is 2.41. The molecular weight excluding hydrogens is 242 g/mol. The van der Waals surface area contributed by atoms with Crippen molar-refractivity contribution in [1.29, 1.82) is 0 Å². The molecule has 2 aromatic rings. The number of benzene rings is 2. The first-order chi connectivity index (χ1) is 8.33. The summed E-state index contributed by atoms with van der Waals surface area (Å²) in [5, 5.41) is 2.95. The lowest BCUT2D eigenvalue weighted by atomic mass is 10.4. The van der Waals surface area contributed by atoms with E-state index >= 15 is 0 Å². The maximum absolute atomic E-state index is 2.88. The van der Waals surface area contributed by atoms with E-state index in [1.807, 2.05) is 0 Å². The molecule has 2 unspecified atom stereocenters. The minimum atomic E-state index is -0.233. The van der Waals surface area contributed by atoms with Gasteiger partial charge in [-0.2, -0.15) is 0 Å². The minimum Gasteiger partial charge on any atom is -0.137 e. The Balaban J connectivity index is 2.39. The van der Waals surface area contributed by atoms with Crippen LogP contribution in [0.1, 0.15) is 6.92 Å². The minimum absolute atomic E-state index is 0.233. The largest absolute Gasteiger partial charge is 0.137 e. The SMILES string of the molecule is CC(CP)P(c1ccccc1)c1ccccc1. The Morgan fingerprint density at radius 2 is 1.29 bits per heavy atom. The summed E-state index contributed by atoms with van der Waals surface area (Å²) in [6.07, 6.45) is 1.15. The monoisotopic (exact) mass is 260 g/mol. The molecule has 0 heterocycles. The zero-order chi connectivity index (χ0) is 12.1. The zero-order valence-corrected chi connectivity index (χ0v) is 12.1. The molecule has 0 spiro atoms. The van der Waals surface area contributed by atoms with Crippen molar-refractivity contribution in [1.82, 2.24) is 0 Å². The molecule has 2 rings (SSSR count). The summed E-state index contributed by atoms with van der Waals surface area (Å²) < 4.78 is 0. The van der Waals surface area contributed by atoms with Gasteiger partial charge in [-0.3, -0.25) is 0 Å². The number of rotatable bonds is 4. The van der Waals surface area contributed by atoms with Crippen LogP contribution < -0.4 is 10.6 Å². The van der Waals surface area contributed by atoms with Gasteiger partial charge < -0.3 is 0 Å². The third-order valence-electron chi connectivity index (χ3n) is 2.85. The number of hydrogen-bond acceptors (Lipinski definition) is 0. The standard InChI is InChI=1S/C15H18P2/c1-13(12-16)17(14-8-4-2-5-9-14)15-10-6-3-7-11-15/h2-11,13H,12,16H2,1H3. The second-order valence-corrected chi connectivity index (χ2v) is 7.25. The van der Waals surface area contributed by atoms with Crippen molar-refractivity contribution in [3.05, 3.63) is 60.7 Å². The summed E-state index contributed by atoms with van der Waals surface area (Å²) >= 11 is 0. The van der Waals surface area contributed by atoms with Crippen LogP contribution in [0.25, 0.3) is 0 Å². The Labute approximate surface area is 107 Å². The van der Waals surface area contributed by atoms with Crippen LogP contribution in [0.2, 0.25) is 0 Å². The molecule has 0 radical (unpaired) electrons. The molecule has 0 amide bonds. The van der Waals surface area contributed by atoms with Crippen molar-refractivity contribution >= 4 is 27.8 Å². The molecule has 17 heavy (non-hydrogen) atoms. The van der Waals surface area contributed by atoms with Crippen LogP contribution >= 0.6 is 17.2 Å². The Morgan fingerprint density at radius 3 is 1.65 bits per heavy atom. The molecule has 0 saturated heterocycles. The molecule has 88 valence electrons. The third-order valence-corrected chi connectivity index (χ3v) is 6.76. The van der Waals surface area contributed by atoms with E-state index in [9.17, 15) is 0 Å². The van der Waals surface area contributed by atoms with Crippen LogP contribution in [0.15, 0.2) is 60.7 Å². The first-order valence-corrected chi connectivity index (χ1v) is 8.15. The van der Waals surface area contributed by atoms with Crippen LogP contribution in [0.5, 0.6) is 0 Å². The van der Waals surface area contributed by atoms with Gasteiger partial charge in [-0.05, 0) is 30.4 Å². The van der Waals surface area contributed by atoms with E-state index in [0.29, 0.717) is 5.66 Å². The van der Waals surface area contributed by atoms with E-state index in [-0.39, 0.29) is 7.92 Å². The molecule has 2 aromatic carbocycles. The van der Waals surface area contributed by atoms with Gasteiger partial charge in [0.05, 0.1) is 0 Å². The van der Waals surface area contributed by atoms with E-state index < -0.39 is 0 Å². The zero-order valence-electron chi connectivity index (χ0n) is 10.1. The van der Waals surface area contributed by atoms with E-state index in [0.717, 1.165) is 6.16 Å². The predicted octanol–water partition coefficient (Wildman–Crippen LogP) is 3.38. The maximum Gasteiger partial charge on any atom is -0.0123 e. The molecule has 2 atom stereocenters. The van der Waals surface area contributed by atoms with Gasteiger partial charge >= 0.3 is 0 Å². The van der Waals surface area contributed by atoms with Gasteiger partial charge in [-0.25, -0.2) is 0 Å². The highest BCUT2D eigenvalue weighted by Gasteiger charge is 2.18. The number of hydrogen-bond donors (Lipinski definition) is 0. The second-order valence-electron chi connectivity index (χ2n) is 4.13. The van der Waals surface area contributed by atoms with E-state index in [1.165, 1.54) is 10.6 Å². The van der Waals surface area contributed by atoms with E-state index in [4.69, 9.17) is 0 Å². The summed E-state index contributed by atoms with van der Waals surface area (Å²) in [5.74, 6) is 0. The van der Waals surface area contributed by atoms with Gasteiger partial charge in [0.2, 0.25) is 0 Å². The predicted molar refractivity (Wildman–Crippen MR) is 83.1 cm³/mol. The fourth-order valence-corrected chi connectivity index (χ4v) is 5.09. The fourth-order valence-electron chi connectivity index (χ4n) is 1.94.